The number of rotatable bonds is 1. The third-order valence-electron chi connectivity index (χ3n) is 5.13. The van der Waals surface area contributed by atoms with Crippen LogP contribution in [0.2, 0.25) is 0 Å². The Kier molecular flexibility index (Phi) is 2.77. The van der Waals surface area contributed by atoms with Gasteiger partial charge in [-0.3, -0.25) is 4.84 Å². The summed E-state index contributed by atoms with van der Waals surface area (Å²) in [6, 6.07) is 22.3. The molecule has 2 heteroatoms. The molecule has 114 valence electrons. The van der Waals surface area contributed by atoms with Crippen molar-refractivity contribution in [3.05, 3.63) is 77.4 Å². The van der Waals surface area contributed by atoms with E-state index in [9.17, 15) is 0 Å². The van der Waals surface area contributed by atoms with Gasteiger partial charge in [-0.1, -0.05) is 60.2 Å². The van der Waals surface area contributed by atoms with Gasteiger partial charge in [-0.25, -0.2) is 5.06 Å². The van der Waals surface area contributed by atoms with E-state index < -0.39 is 0 Å². The van der Waals surface area contributed by atoms with Crippen molar-refractivity contribution in [3.63, 3.8) is 0 Å². The summed E-state index contributed by atoms with van der Waals surface area (Å²) in [5, 5.41) is 4.80. The molecule has 2 heterocycles. The summed E-state index contributed by atoms with van der Waals surface area (Å²) in [7, 11) is 0. The van der Waals surface area contributed by atoms with Crippen molar-refractivity contribution in [2.45, 2.75) is 31.9 Å². The van der Waals surface area contributed by atoms with E-state index in [1.807, 2.05) is 0 Å². The minimum absolute atomic E-state index is 0.299. The maximum Gasteiger partial charge on any atom is 0.0921 e. The molecular formula is C21H19NO. The van der Waals surface area contributed by atoms with E-state index in [4.69, 9.17) is 4.84 Å². The number of hydrogen-bond acceptors (Lipinski definition) is 2. The summed E-state index contributed by atoms with van der Waals surface area (Å²) in [5.74, 6) is 0. The molecule has 23 heavy (non-hydrogen) atoms. The molecule has 5 rings (SSSR count). The number of benzene rings is 3. The van der Waals surface area contributed by atoms with E-state index in [2.05, 4.69) is 72.7 Å². The molecule has 2 bridgehead atoms. The Morgan fingerprint density at radius 1 is 1.00 bits per heavy atom. The fourth-order valence-electron chi connectivity index (χ4n) is 4.10. The van der Waals surface area contributed by atoms with E-state index in [1.54, 1.807) is 0 Å². The number of hydrogen-bond donors (Lipinski definition) is 0. The van der Waals surface area contributed by atoms with Crippen LogP contribution in [0.3, 0.4) is 0 Å². The minimum Gasteiger partial charge on any atom is -0.269 e. The van der Waals surface area contributed by atoms with Crippen LogP contribution in [-0.2, 0) is 11.3 Å². The highest BCUT2D eigenvalue weighted by atomic mass is 16.7. The molecule has 0 N–H and O–H groups in total. The largest absolute Gasteiger partial charge is 0.269 e. The van der Waals surface area contributed by atoms with Crippen molar-refractivity contribution in [2.24, 2.45) is 0 Å². The van der Waals surface area contributed by atoms with Gasteiger partial charge in [0, 0.05) is 12.8 Å². The lowest BCUT2D eigenvalue weighted by molar-refractivity contribution is 0.0735. The van der Waals surface area contributed by atoms with Gasteiger partial charge in [-0.15, -0.1) is 0 Å². The third kappa shape index (κ3) is 1.98. The van der Waals surface area contributed by atoms with Gasteiger partial charge in [0.15, 0.2) is 0 Å². The molecule has 0 radical (unpaired) electrons. The lowest BCUT2D eigenvalue weighted by Gasteiger charge is -2.30. The number of aryl methyl sites for hydroxylation is 1. The van der Waals surface area contributed by atoms with Gasteiger partial charge in [0.1, 0.15) is 0 Å². The summed E-state index contributed by atoms with van der Waals surface area (Å²) < 4.78 is 0. The molecule has 1 fully saturated rings. The van der Waals surface area contributed by atoms with Gasteiger partial charge >= 0.3 is 0 Å². The van der Waals surface area contributed by atoms with Crippen molar-refractivity contribution < 1.29 is 4.84 Å². The zero-order valence-corrected chi connectivity index (χ0v) is 13.2. The molecular weight excluding hydrogens is 282 g/mol. The van der Waals surface area contributed by atoms with Crippen LogP contribution in [0.15, 0.2) is 60.7 Å². The first kappa shape index (κ1) is 13.1. The van der Waals surface area contributed by atoms with E-state index in [0.717, 1.165) is 12.8 Å². The standard InChI is InChI=1S/C21H19NO/c1-14-9-10-20-16(11-14)12-17-13-21(22(20)23-17)19-8-4-6-15-5-2-3-7-18(15)19/h2-11,17,21H,12-13H2,1H3/t17-,21+/m1/s1. The Bertz CT molecular complexity index is 896. The summed E-state index contributed by atoms with van der Waals surface area (Å²) in [4.78, 5) is 6.21. The van der Waals surface area contributed by atoms with Gasteiger partial charge in [0.05, 0.1) is 17.8 Å². The van der Waals surface area contributed by atoms with Gasteiger partial charge in [0.25, 0.3) is 0 Å². The van der Waals surface area contributed by atoms with Crippen LogP contribution < -0.4 is 5.06 Å². The Morgan fingerprint density at radius 3 is 2.83 bits per heavy atom. The van der Waals surface area contributed by atoms with E-state index >= 15 is 0 Å². The Morgan fingerprint density at radius 2 is 1.87 bits per heavy atom. The zero-order valence-electron chi connectivity index (χ0n) is 13.2. The maximum absolute atomic E-state index is 6.21. The number of hydroxylamine groups is 1. The summed E-state index contributed by atoms with van der Waals surface area (Å²) in [6.07, 6.45) is 2.38. The van der Waals surface area contributed by atoms with Crippen molar-refractivity contribution >= 4 is 16.5 Å². The fourth-order valence-corrected chi connectivity index (χ4v) is 4.10. The molecule has 0 aromatic heterocycles. The summed E-state index contributed by atoms with van der Waals surface area (Å²) in [5.41, 5.74) is 5.36. The van der Waals surface area contributed by atoms with Crippen molar-refractivity contribution in [1.82, 2.24) is 0 Å². The molecule has 0 saturated carbocycles. The molecule has 0 amide bonds. The van der Waals surface area contributed by atoms with Gasteiger partial charge in [0.2, 0.25) is 0 Å². The second-order valence-electron chi connectivity index (χ2n) is 6.71. The molecule has 0 unspecified atom stereocenters. The van der Waals surface area contributed by atoms with E-state index in [0.29, 0.717) is 12.1 Å². The number of nitrogens with zero attached hydrogens (tertiary/aromatic N) is 1. The van der Waals surface area contributed by atoms with Crippen LogP contribution in [0.25, 0.3) is 10.8 Å². The van der Waals surface area contributed by atoms with Gasteiger partial charge < -0.3 is 0 Å². The van der Waals surface area contributed by atoms with E-state index in [-0.39, 0.29) is 0 Å². The summed E-state index contributed by atoms with van der Waals surface area (Å²) in [6.45, 7) is 2.16. The van der Waals surface area contributed by atoms with Gasteiger partial charge in [-0.2, -0.15) is 0 Å². The number of anilines is 1. The van der Waals surface area contributed by atoms with Crippen LogP contribution in [-0.4, -0.2) is 6.10 Å². The smallest absolute Gasteiger partial charge is 0.0921 e. The lowest BCUT2D eigenvalue weighted by atomic mass is 9.95. The molecule has 0 spiro atoms. The predicted octanol–water partition coefficient (Wildman–Crippen LogP) is 4.96. The Hall–Kier alpha value is -2.32. The van der Waals surface area contributed by atoms with E-state index in [1.165, 1.54) is 33.2 Å². The molecule has 3 aromatic rings. The second-order valence-corrected chi connectivity index (χ2v) is 6.71. The fraction of sp³-hybridized carbons (Fsp3) is 0.238. The van der Waals surface area contributed by atoms with Crippen LogP contribution in [0.4, 0.5) is 5.69 Å². The summed E-state index contributed by atoms with van der Waals surface area (Å²) >= 11 is 0. The van der Waals surface area contributed by atoms with Crippen molar-refractivity contribution in [2.75, 3.05) is 5.06 Å². The SMILES string of the molecule is Cc1ccc2c(c1)C[C@@H]1C[C@@H](c3cccc4ccccc34)N2O1. The van der Waals surface area contributed by atoms with Crippen molar-refractivity contribution in [3.8, 4) is 0 Å². The maximum atomic E-state index is 6.21. The molecule has 2 aliphatic heterocycles. The van der Waals surface area contributed by atoms with Gasteiger partial charge in [-0.05, 0) is 34.9 Å². The Labute approximate surface area is 136 Å². The quantitative estimate of drug-likeness (QED) is 0.630. The topological polar surface area (TPSA) is 12.5 Å². The van der Waals surface area contributed by atoms with Crippen LogP contribution in [0, 0.1) is 6.92 Å². The monoisotopic (exact) mass is 301 g/mol. The first-order valence-electron chi connectivity index (χ1n) is 8.33. The third-order valence-corrected chi connectivity index (χ3v) is 5.13. The molecule has 1 saturated heterocycles. The highest BCUT2D eigenvalue weighted by Gasteiger charge is 2.40. The normalized spacial score (nSPS) is 22.4. The highest BCUT2D eigenvalue weighted by molar-refractivity contribution is 5.86. The van der Waals surface area contributed by atoms with Crippen LogP contribution >= 0.6 is 0 Å². The number of fused-ring (bicyclic) bond motifs is 5. The first-order valence-corrected chi connectivity index (χ1v) is 8.33. The first-order chi connectivity index (χ1) is 11.3. The van der Waals surface area contributed by atoms with Crippen molar-refractivity contribution in [1.29, 1.82) is 0 Å². The molecule has 3 aromatic carbocycles. The van der Waals surface area contributed by atoms with Crippen LogP contribution in [0.5, 0.6) is 0 Å². The lowest BCUT2D eigenvalue weighted by Crippen LogP contribution is -2.27. The average Bonchev–Trinajstić information content (AvgIpc) is 2.92. The minimum atomic E-state index is 0.299. The Balaban J connectivity index is 1.66. The highest BCUT2D eigenvalue weighted by Crippen LogP contribution is 2.46. The molecule has 0 aliphatic carbocycles. The molecule has 2 nitrogen and oxygen atoms in total. The second kappa shape index (κ2) is 4.84. The zero-order chi connectivity index (χ0) is 15.4. The molecule has 2 atom stereocenters. The molecule has 2 aliphatic rings. The predicted molar refractivity (Wildman–Crippen MR) is 93.5 cm³/mol. The average molecular weight is 301 g/mol. The van der Waals surface area contributed by atoms with Crippen LogP contribution in [0.1, 0.15) is 29.2 Å².